The number of hydrogen-bond acceptors (Lipinski definition) is 3. The van der Waals surface area contributed by atoms with Gasteiger partial charge in [-0.15, -0.1) is 0 Å². The van der Waals surface area contributed by atoms with Crippen molar-refractivity contribution in [2.24, 2.45) is 0 Å². The van der Waals surface area contributed by atoms with Gasteiger partial charge in [-0.3, -0.25) is 9.59 Å². The molecule has 0 aliphatic heterocycles. The summed E-state index contributed by atoms with van der Waals surface area (Å²) in [5, 5.41) is 5.35. The lowest BCUT2D eigenvalue weighted by Crippen LogP contribution is -2.30. The molecule has 25 heavy (non-hydrogen) atoms. The van der Waals surface area contributed by atoms with Crippen LogP contribution in [0.5, 0.6) is 0 Å². The van der Waals surface area contributed by atoms with Gasteiger partial charge in [-0.1, -0.05) is 45.0 Å². The summed E-state index contributed by atoms with van der Waals surface area (Å²) in [6.45, 7) is 6.18. The average molecular weight is 339 g/mol. The molecule has 0 saturated heterocycles. The zero-order valence-corrected chi connectivity index (χ0v) is 15.4. The van der Waals surface area contributed by atoms with Crippen molar-refractivity contribution >= 4 is 28.9 Å². The first kappa shape index (κ1) is 18.5. The number of benzene rings is 2. The Labute approximate surface area is 149 Å². The fraction of sp³-hybridized carbons (Fsp3) is 0.300. The van der Waals surface area contributed by atoms with Crippen LogP contribution in [-0.2, 0) is 15.0 Å². The molecule has 0 atom stereocenters. The third kappa shape index (κ3) is 4.83. The van der Waals surface area contributed by atoms with Crippen LogP contribution in [0.25, 0.3) is 0 Å². The van der Waals surface area contributed by atoms with E-state index in [0.717, 1.165) is 11.3 Å². The highest BCUT2D eigenvalue weighted by Crippen LogP contribution is 2.29. The highest BCUT2D eigenvalue weighted by molar-refractivity contribution is 6.43. The molecule has 0 radical (unpaired) electrons. The predicted molar refractivity (Wildman–Crippen MR) is 103 cm³/mol. The van der Waals surface area contributed by atoms with Crippen LogP contribution in [-0.4, -0.2) is 25.9 Å². The van der Waals surface area contributed by atoms with E-state index in [0.29, 0.717) is 11.4 Å². The van der Waals surface area contributed by atoms with Crippen molar-refractivity contribution in [2.75, 3.05) is 29.6 Å². The Morgan fingerprint density at radius 3 is 2.16 bits per heavy atom. The summed E-state index contributed by atoms with van der Waals surface area (Å²) < 4.78 is 0. The fourth-order valence-electron chi connectivity index (χ4n) is 2.47. The van der Waals surface area contributed by atoms with Crippen molar-refractivity contribution in [3.8, 4) is 0 Å². The normalized spacial score (nSPS) is 10.9. The summed E-state index contributed by atoms with van der Waals surface area (Å²) in [5.74, 6) is -1.38. The largest absolute Gasteiger partial charge is 0.378 e. The molecular formula is C20H25N3O2. The molecule has 5 heteroatoms. The van der Waals surface area contributed by atoms with Gasteiger partial charge in [0.2, 0.25) is 0 Å². The van der Waals surface area contributed by atoms with Gasteiger partial charge < -0.3 is 15.5 Å². The van der Waals surface area contributed by atoms with E-state index in [1.54, 1.807) is 12.1 Å². The van der Waals surface area contributed by atoms with Crippen molar-refractivity contribution in [1.82, 2.24) is 0 Å². The van der Waals surface area contributed by atoms with E-state index in [-0.39, 0.29) is 5.41 Å². The maximum absolute atomic E-state index is 12.3. The van der Waals surface area contributed by atoms with E-state index in [1.165, 1.54) is 0 Å². The zero-order valence-electron chi connectivity index (χ0n) is 15.4. The Hall–Kier alpha value is -2.82. The number of carbonyl (C=O) groups is 2. The lowest BCUT2D eigenvalue weighted by molar-refractivity contribution is -0.133. The second-order valence-corrected chi connectivity index (χ2v) is 7.15. The number of nitrogens with zero attached hydrogens (tertiary/aromatic N) is 1. The van der Waals surface area contributed by atoms with Gasteiger partial charge in [0.05, 0.1) is 0 Å². The van der Waals surface area contributed by atoms with Gasteiger partial charge in [0.1, 0.15) is 0 Å². The van der Waals surface area contributed by atoms with Crippen molar-refractivity contribution < 1.29 is 9.59 Å². The van der Waals surface area contributed by atoms with E-state index in [2.05, 4.69) is 31.4 Å². The molecule has 132 valence electrons. The number of anilines is 3. The first-order valence-electron chi connectivity index (χ1n) is 8.17. The van der Waals surface area contributed by atoms with Gasteiger partial charge >= 0.3 is 11.8 Å². The van der Waals surface area contributed by atoms with Crippen LogP contribution in [0.3, 0.4) is 0 Å². The molecule has 2 aromatic rings. The van der Waals surface area contributed by atoms with Gasteiger partial charge in [0.25, 0.3) is 0 Å². The summed E-state index contributed by atoms with van der Waals surface area (Å²) in [5.41, 5.74) is 3.01. The molecule has 0 aliphatic rings. The highest BCUT2D eigenvalue weighted by atomic mass is 16.2. The number of rotatable bonds is 3. The van der Waals surface area contributed by atoms with Crippen molar-refractivity contribution in [3.05, 3.63) is 54.1 Å². The quantitative estimate of drug-likeness (QED) is 0.840. The minimum absolute atomic E-state index is 0.139. The number of carbonyl (C=O) groups excluding carboxylic acids is 2. The molecule has 5 nitrogen and oxygen atoms in total. The molecule has 0 unspecified atom stereocenters. The Morgan fingerprint density at radius 1 is 0.880 bits per heavy atom. The van der Waals surface area contributed by atoms with Crippen molar-refractivity contribution in [2.45, 2.75) is 26.2 Å². The van der Waals surface area contributed by atoms with Crippen LogP contribution in [0.2, 0.25) is 0 Å². The molecule has 0 heterocycles. The third-order valence-electron chi connectivity index (χ3n) is 3.81. The summed E-state index contributed by atoms with van der Waals surface area (Å²) in [7, 11) is 3.83. The Morgan fingerprint density at radius 2 is 1.52 bits per heavy atom. The Bertz CT molecular complexity index is 777. The summed E-state index contributed by atoms with van der Waals surface area (Å²) in [4.78, 5) is 26.4. The van der Waals surface area contributed by atoms with Crippen LogP contribution >= 0.6 is 0 Å². The first-order chi connectivity index (χ1) is 11.7. The summed E-state index contributed by atoms with van der Waals surface area (Å²) >= 11 is 0. The maximum atomic E-state index is 12.3. The van der Waals surface area contributed by atoms with Gasteiger partial charge in [0, 0.05) is 31.2 Å². The number of para-hydroxylation sites is 1. The molecule has 0 spiro atoms. The molecule has 2 amide bonds. The zero-order chi connectivity index (χ0) is 18.6. The van der Waals surface area contributed by atoms with E-state index < -0.39 is 11.8 Å². The molecule has 2 aromatic carbocycles. The van der Waals surface area contributed by atoms with Crippen LogP contribution in [0.1, 0.15) is 26.3 Å². The summed E-state index contributed by atoms with van der Waals surface area (Å²) in [6.07, 6.45) is 0. The third-order valence-corrected chi connectivity index (χ3v) is 3.81. The lowest BCUT2D eigenvalue weighted by atomic mass is 9.86. The second kappa shape index (κ2) is 7.38. The van der Waals surface area contributed by atoms with E-state index in [1.807, 2.05) is 55.4 Å². The van der Waals surface area contributed by atoms with Gasteiger partial charge in [0.15, 0.2) is 0 Å². The fourth-order valence-corrected chi connectivity index (χ4v) is 2.47. The van der Waals surface area contributed by atoms with E-state index >= 15 is 0 Å². The molecule has 0 saturated carbocycles. The molecular weight excluding hydrogens is 314 g/mol. The topological polar surface area (TPSA) is 61.4 Å². The van der Waals surface area contributed by atoms with Crippen LogP contribution < -0.4 is 15.5 Å². The second-order valence-electron chi connectivity index (χ2n) is 7.15. The standard InChI is InChI=1S/C20H25N3O2/c1-20(2,3)16-11-6-7-12-17(16)22-19(25)18(24)21-14-9-8-10-15(13-14)23(4)5/h6-13H,1-5H3,(H,21,24)(H,22,25). The molecule has 2 N–H and O–H groups in total. The molecule has 0 aromatic heterocycles. The molecule has 2 rings (SSSR count). The maximum Gasteiger partial charge on any atom is 0.314 e. The Kier molecular flexibility index (Phi) is 5.47. The predicted octanol–water partition coefficient (Wildman–Crippen LogP) is 3.63. The summed E-state index contributed by atoms with van der Waals surface area (Å²) in [6, 6.07) is 14.8. The minimum Gasteiger partial charge on any atom is -0.378 e. The number of nitrogens with one attached hydrogen (secondary N) is 2. The van der Waals surface area contributed by atoms with E-state index in [4.69, 9.17) is 0 Å². The van der Waals surface area contributed by atoms with Crippen LogP contribution in [0.15, 0.2) is 48.5 Å². The molecule has 0 bridgehead atoms. The van der Waals surface area contributed by atoms with Gasteiger partial charge in [-0.2, -0.15) is 0 Å². The van der Waals surface area contributed by atoms with E-state index in [9.17, 15) is 9.59 Å². The highest BCUT2D eigenvalue weighted by Gasteiger charge is 2.21. The van der Waals surface area contributed by atoms with Gasteiger partial charge in [-0.25, -0.2) is 0 Å². The van der Waals surface area contributed by atoms with Crippen LogP contribution in [0, 0.1) is 0 Å². The monoisotopic (exact) mass is 339 g/mol. The smallest absolute Gasteiger partial charge is 0.314 e. The molecule has 0 fully saturated rings. The first-order valence-corrected chi connectivity index (χ1v) is 8.17. The number of amides is 2. The Balaban J connectivity index is 2.12. The molecule has 0 aliphatic carbocycles. The SMILES string of the molecule is CN(C)c1cccc(NC(=O)C(=O)Nc2ccccc2C(C)(C)C)c1. The van der Waals surface area contributed by atoms with Gasteiger partial charge in [-0.05, 0) is 35.2 Å². The number of hydrogen-bond donors (Lipinski definition) is 2. The van der Waals surface area contributed by atoms with Crippen molar-refractivity contribution in [3.63, 3.8) is 0 Å². The average Bonchev–Trinajstić information content (AvgIpc) is 2.54. The van der Waals surface area contributed by atoms with Crippen LogP contribution in [0.4, 0.5) is 17.1 Å². The minimum atomic E-state index is -0.695. The van der Waals surface area contributed by atoms with Crippen molar-refractivity contribution in [1.29, 1.82) is 0 Å². The lowest BCUT2D eigenvalue weighted by Gasteiger charge is -2.22.